The number of halogens is 5. The summed E-state index contributed by atoms with van der Waals surface area (Å²) in [4.78, 5) is 37.3. The van der Waals surface area contributed by atoms with Crippen molar-refractivity contribution in [3.63, 3.8) is 0 Å². The van der Waals surface area contributed by atoms with Crippen molar-refractivity contribution in [3.05, 3.63) is 67.4 Å². The van der Waals surface area contributed by atoms with Gasteiger partial charge < -0.3 is 19.2 Å². The van der Waals surface area contributed by atoms with Gasteiger partial charge in [-0.15, -0.1) is 0 Å². The van der Waals surface area contributed by atoms with E-state index in [9.17, 15) is 31.9 Å². The molecular weight excluding hydrogens is 464 g/mol. The number of hydrogen-bond acceptors (Lipinski definition) is 6. The van der Waals surface area contributed by atoms with Gasteiger partial charge in [-0.05, 0) is 19.9 Å². The van der Waals surface area contributed by atoms with Crippen LogP contribution < -0.4 is 16.0 Å². The summed E-state index contributed by atoms with van der Waals surface area (Å²) in [5.74, 6) is -2.06. The van der Waals surface area contributed by atoms with Crippen LogP contribution in [-0.2, 0) is 20.4 Å². The number of carbonyl (C=O) groups excluding carboxylic acids is 1. The van der Waals surface area contributed by atoms with E-state index in [-0.39, 0.29) is 47.0 Å². The zero-order valence-corrected chi connectivity index (χ0v) is 17.5. The van der Waals surface area contributed by atoms with Crippen LogP contribution in [0.4, 0.5) is 17.6 Å². The third-order valence-electron chi connectivity index (χ3n) is 3.75. The highest BCUT2D eigenvalue weighted by molar-refractivity contribution is 6.32. The van der Waals surface area contributed by atoms with Gasteiger partial charge in [0.15, 0.2) is 0 Å². The summed E-state index contributed by atoms with van der Waals surface area (Å²) >= 11 is 5.93. The van der Waals surface area contributed by atoms with Crippen LogP contribution in [0.15, 0.2) is 39.6 Å². The first-order valence-corrected chi connectivity index (χ1v) is 9.41. The summed E-state index contributed by atoms with van der Waals surface area (Å²) in [5, 5.41) is -0.269. The molecule has 0 aliphatic heterocycles. The van der Waals surface area contributed by atoms with Gasteiger partial charge in [0.05, 0.1) is 30.0 Å². The van der Waals surface area contributed by atoms with E-state index in [1.165, 1.54) is 4.98 Å². The quantitative estimate of drug-likeness (QED) is 0.269. The summed E-state index contributed by atoms with van der Waals surface area (Å²) in [5.41, 5.74) is -5.23. The minimum absolute atomic E-state index is 0.0393. The number of aromatic amines is 1. The van der Waals surface area contributed by atoms with E-state index in [1.54, 1.807) is 13.8 Å². The third kappa shape index (κ3) is 6.13. The van der Waals surface area contributed by atoms with Crippen LogP contribution in [-0.4, -0.2) is 35.3 Å². The number of ether oxygens (including phenoxy) is 3. The lowest BCUT2D eigenvalue weighted by molar-refractivity contribution is -0.141. The highest BCUT2D eigenvalue weighted by atomic mass is 35.5. The molecule has 0 unspecified atom stereocenters. The summed E-state index contributed by atoms with van der Waals surface area (Å²) in [6, 6.07) is 1.69. The second-order valence-electron chi connectivity index (χ2n) is 5.98. The predicted molar refractivity (Wildman–Crippen MR) is 104 cm³/mol. The molecule has 1 heterocycles. The maximum absolute atomic E-state index is 14.4. The molecule has 0 fully saturated rings. The summed E-state index contributed by atoms with van der Waals surface area (Å²) in [6.45, 7) is 3.18. The molecule has 0 aliphatic rings. The number of benzene rings is 1. The first kappa shape index (κ1) is 25.0. The molecule has 2 rings (SSSR count). The molecular formula is C19H17ClF4N2O6. The second kappa shape index (κ2) is 10.4. The number of esters is 1. The Balaban J connectivity index is 2.44. The van der Waals surface area contributed by atoms with Gasteiger partial charge in [0.25, 0.3) is 5.56 Å². The Morgan fingerprint density at radius 1 is 1.16 bits per heavy atom. The molecule has 13 heteroatoms. The normalized spacial score (nSPS) is 11.9. The Hall–Kier alpha value is -3.28. The van der Waals surface area contributed by atoms with Crippen molar-refractivity contribution in [2.45, 2.75) is 20.0 Å². The standard InChI is InChI=1S/C19H17ClF4N2O6/c1-3-30-10(5-17(28)31-4-2)9-32-14-7-13(12(21)6-11(14)20)26-16(27)8-15(19(22,23)24)25-18(26)29/h5-8H,3-4,9H2,1-2H3,(H,25,29)/b10-5+. The highest BCUT2D eigenvalue weighted by Crippen LogP contribution is 2.30. The lowest BCUT2D eigenvalue weighted by atomic mass is 10.2. The molecule has 1 aromatic carbocycles. The zero-order chi connectivity index (χ0) is 24.1. The fourth-order valence-corrected chi connectivity index (χ4v) is 2.66. The van der Waals surface area contributed by atoms with E-state index in [0.717, 1.165) is 12.1 Å². The Bertz CT molecular complexity index is 1110. The van der Waals surface area contributed by atoms with Gasteiger partial charge in [-0.3, -0.25) is 4.79 Å². The average molecular weight is 481 g/mol. The Labute approximate surface area is 183 Å². The zero-order valence-electron chi connectivity index (χ0n) is 16.7. The van der Waals surface area contributed by atoms with Crippen LogP contribution in [0.2, 0.25) is 5.02 Å². The number of aromatic nitrogens is 2. The van der Waals surface area contributed by atoms with Crippen LogP contribution in [0.1, 0.15) is 19.5 Å². The van der Waals surface area contributed by atoms with Crippen molar-refractivity contribution >= 4 is 17.6 Å². The highest BCUT2D eigenvalue weighted by Gasteiger charge is 2.33. The van der Waals surface area contributed by atoms with Crippen molar-refractivity contribution in [2.75, 3.05) is 19.8 Å². The van der Waals surface area contributed by atoms with Gasteiger partial charge in [0.2, 0.25) is 0 Å². The number of H-pyrrole nitrogens is 1. The second-order valence-corrected chi connectivity index (χ2v) is 6.39. The van der Waals surface area contributed by atoms with Crippen LogP contribution >= 0.6 is 11.6 Å². The largest absolute Gasteiger partial charge is 0.494 e. The van der Waals surface area contributed by atoms with Crippen LogP contribution in [0.25, 0.3) is 5.69 Å². The van der Waals surface area contributed by atoms with Crippen molar-refractivity contribution in [1.29, 1.82) is 0 Å². The van der Waals surface area contributed by atoms with Gasteiger partial charge in [-0.2, -0.15) is 13.2 Å². The SMILES string of the molecule is CCOC(=O)/C=C(\COc1cc(-n2c(=O)cc(C(F)(F)F)[nH]c2=O)c(F)cc1Cl)OCC. The molecule has 0 bridgehead atoms. The fraction of sp³-hybridized carbons (Fsp3) is 0.316. The van der Waals surface area contributed by atoms with Crippen LogP contribution in [0.3, 0.4) is 0 Å². The maximum atomic E-state index is 14.4. The van der Waals surface area contributed by atoms with Crippen LogP contribution in [0, 0.1) is 5.82 Å². The average Bonchev–Trinajstić information content (AvgIpc) is 2.67. The Morgan fingerprint density at radius 2 is 1.81 bits per heavy atom. The molecule has 0 atom stereocenters. The first-order valence-electron chi connectivity index (χ1n) is 9.03. The van der Waals surface area contributed by atoms with E-state index in [1.807, 2.05) is 0 Å². The molecule has 1 N–H and O–H groups in total. The molecule has 0 amide bonds. The number of hydrogen-bond donors (Lipinski definition) is 1. The first-order chi connectivity index (χ1) is 15.0. The van der Waals surface area contributed by atoms with E-state index >= 15 is 0 Å². The number of nitrogens with one attached hydrogen (secondary N) is 1. The van der Waals surface area contributed by atoms with Gasteiger partial charge in [0, 0.05) is 12.1 Å². The lowest BCUT2D eigenvalue weighted by Gasteiger charge is -2.14. The van der Waals surface area contributed by atoms with Gasteiger partial charge in [-0.25, -0.2) is 18.5 Å². The Kier molecular flexibility index (Phi) is 8.08. The number of carbonyl (C=O) groups is 1. The molecule has 0 spiro atoms. The van der Waals surface area contributed by atoms with Crippen molar-refractivity contribution in [3.8, 4) is 11.4 Å². The molecule has 1 aromatic heterocycles. The molecule has 0 saturated heterocycles. The minimum Gasteiger partial charge on any atom is -0.494 e. The van der Waals surface area contributed by atoms with Crippen LogP contribution in [0.5, 0.6) is 5.75 Å². The third-order valence-corrected chi connectivity index (χ3v) is 4.04. The summed E-state index contributed by atoms with van der Waals surface area (Å²) in [6.07, 6.45) is -3.96. The van der Waals surface area contributed by atoms with Crippen molar-refractivity contribution in [2.24, 2.45) is 0 Å². The Morgan fingerprint density at radius 3 is 2.38 bits per heavy atom. The minimum atomic E-state index is -4.98. The number of alkyl halides is 3. The summed E-state index contributed by atoms with van der Waals surface area (Å²) in [7, 11) is 0. The molecule has 0 aliphatic carbocycles. The number of nitrogens with zero attached hydrogens (tertiary/aromatic N) is 1. The molecule has 174 valence electrons. The maximum Gasteiger partial charge on any atom is 0.431 e. The fourth-order valence-electron chi connectivity index (χ4n) is 2.45. The smallest absolute Gasteiger partial charge is 0.431 e. The summed E-state index contributed by atoms with van der Waals surface area (Å²) < 4.78 is 68.3. The van der Waals surface area contributed by atoms with E-state index in [4.69, 9.17) is 25.8 Å². The molecule has 0 radical (unpaired) electrons. The van der Waals surface area contributed by atoms with E-state index < -0.39 is 40.6 Å². The number of rotatable bonds is 8. The molecule has 2 aromatic rings. The predicted octanol–water partition coefficient (Wildman–Crippen LogP) is 3.20. The van der Waals surface area contributed by atoms with E-state index in [0.29, 0.717) is 6.07 Å². The van der Waals surface area contributed by atoms with Gasteiger partial charge in [0.1, 0.15) is 29.6 Å². The van der Waals surface area contributed by atoms with Crippen molar-refractivity contribution in [1.82, 2.24) is 9.55 Å². The van der Waals surface area contributed by atoms with Gasteiger partial charge >= 0.3 is 17.8 Å². The molecule has 8 nitrogen and oxygen atoms in total. The van der Waals surface area contributed by atoms with E-state index in [2.05, 4.69) is 0 Å². The van der Waals surface area contributed by atoms with Gasteiger partial charge in [-0.1, -0.05) is 11.6 Å². The molecule has 0 saturated carbocycles. The monoisotopic (exact) mass is 480 g/mol. The lowest BCUT2D eigenvalue weighted by Crippen LogP contribution is -2.36. The molecule has 32 heavy (non-hydrogen) atoms. The van der Waals surface area contributed by atoms with Crippen molar-refractivity contribution < 1.29 is 36.6 Å². The topological polar surface area (TPSA) is 99.6 Å².